The zero-order chi connectivity index (χ0) is 18.1. The van der Waals surface area contributed by atoms with Gasteiger partial charge >= 0.3 is 0 Å². The summed E-state index contributed by atoms with van der Waals surface area (Å²) in [5.74, 6) is 0.350. The van der Waals surface area contributed by atoms with Gasteiger partial charge in [-0.1, -0.05) is 12.8 Å². The summed E-state index contributed by atoms with van der Waals surface area (Å²) in [7, 11) is 0. The van der Waals surface area contributed by atoms with Gasteiger partial charge in [-0.05, 0) is 69.4 Å². The standard InChI is InChI=1S/C20H29N3O2S/c21-19(25)18-14-8-2-4-10-16(14)26-20(18)22-17(24)12-23-11-5-7-13-6-1-3-9-15(13)23/h13,15H,1-12H2,(H2,21,25)(H,22,24)/t13-,15+/m1/s1. The summed E-state index contributed by atoms with van der Waals surface area (Å²) in [5.41, 5.74) is 7.28. The van der Waals surface area contributed by atoms with Gasteiger partial charge in [0.1, 0.15) is 5.00 Å². The fourth-order valence-electron chi connectivity index (χ4n) is 5.19. The van der Waals surface area contributed by atoms with Gasteiger partial charge in [-0.2, -0.15) is 0 Å². The molecule has 6 heteroatoms. The number of thiophene rings is 1. The van der Waals surface area contributed by atoms with Gasteiger partial charge in [-0.15, -0.1) is 11.3 Å². The molecule has 0 aromatic carbocycles. The Morgan fingerprint density at radius 3 is 2.69 bits per heavy atom. The minimum absolute atomic E-state index is 0.00248. The summed E-state index contributed by atoms with van der Waals surface area (Å²) in [4.78, 5) is 28.3. The number of anilines is 1. The third-order valence-corrected chi connectivity index (χ3v) is 7.58. The van der Waals surface area contributed by atoms with Gasteiger partial charge in [0.15, 0.2) is 0 Å². The molecule has 2 amide bonds. The maximum Gasteiger partial charge on any atom is 0.251 e. The summed E-state index contributed by atoms with van der Waals surface area (Å²) in [5, 5.41) is 3.70. The van der Waals surface area contributed by atoms with Crippen LogP contribution in [0.4, 0.5) is 5.00 Å². The lowest BCUT2D eigenvalue weighted by Gasteiger charge is -2.43. The second-order valence-corrected chi connectivity index (χ2v) is 9.16. The van der Waals surface area contributed by atoms with Crippen molar-refractivity contribution in [1.82, 2.24) is 4.90 Å². The van der Waals surface area contributed by atoms with Crippen LogP contribution in [0.5, 0.6) is 0 Å². The average molecular weight is 376 g/mol. The first kappa shape index (κ1) is 18.0. The molecular weight excluding hydrogens is 346 g/mol. The number of nitrogens with zero attached hydrogens (tertiary/aromatic N) is 1. The van der Waals surface area contributed by atoms with E-state index in [4.69, 9.17) is 5.73 Å². The Morgan fingerprint density at radius 1 is 1.08 bits per heavy atom. The molecule has 3 N–H and O–H groups in total. The molecule has 1 saturated carbocycles. The van der Waals surface area contributed by atoms with Crippen LogP contribution in [0.1, 0.15) is 72.2 Å². The molecule has 1 saturated heterocycles. The molecule has 1 aromatic rings. The first-order valence-electron chi connectivity index (χ1n) is 10.1. The normalized spacial score (nSPS) is 26.0. The predicted octanol–water partition coefficient (Wildman–Crippen LogP) is 3.32. The summed E-state index contributed by atoms with van der Waals surface area (Å²) in [6.07, 6.45) is 11.8. The molecule has 5 nitrogen and oxygen atoms in total. The average Bonchev–Trinajstić information content (AvgIpc) is 2.99. The number of primary amides is 1. The summed E-state index contributed by atoms with van der Waals surface area (Å²) in [6.45, 7) is 1.44. The zero-order valence-electron chi connectivity index (χ0n) is 15.4. The first-order valence-corrected chi connectivity index (χ1v) is 10.9. The number of nitrogens with one attached hydrogen (secondary N) is 1. The second-order valence-electron chi connectivity index (χ2n) is 8.05. The van der Waals surface area contributed by atoms with Gasteiger partial charge in [-0.3, -0.25) is 14.5 Å². The lowest BCUT2D eigenvalue weighted by molar-refractivity contribution is -0.118. The molecule has 4 rings (SSSR count). The van der Waals surface area contributed by atoms with Crippen molar-refractivity contribution in [2.75, 3.05) is 18.4 Å². The van der Waals surface area contributed by atoms with Crippen molar-refractivity contribution in [3.63, 3.8) is 0 Å². The quantitative estimate of drug-likeness (QED) is 0.848. The third-order valence-electron chi connectivity index (χ3n) is 6.38. The predicted molar refractivity (Wildman–Crippen MR) is 105 cm³/mol. The van der Waals surface area contributed by atoms with Crippen LogP contribution in [0.15, 0.2) is 0 Å². The minimum Gasteiger partial charge on any atom is -0.365 e. The van der Waals surface area contributed by atoms with Crippen LogP contribution in [-0.4, -0.2) is 35.8 Å². The van der Waals surface area contributed by atoms with Crippen LogP contribution in [0.3, 0.4) is 0 Å². The van der Waals surface area contributed by atoms with E-state index >= 15 is 0 Å². The molecule has 1 aliphatic heterocycles. The van der Waals surface area contributed by atoms with E-state index in [0.717, 1.165) is 43.7 Å². The largest absolute Gasteiger partial charge is 0.365 e. The molecule has 0 bridgehead atoms. The Morgan fingerprint density at radius 2 is 1.85 bits per heavy atom. The van der Waals surface area contributed by atoms with Crippen molar-refractivity contribution < 1.29 is 9.59 Å². The van der Waals surface area contributed by atoms with E-state index in [0.29, 0.717) is 23.2 Å². The zero-order valence-corrected chi connectivity index (χ0v) is 16.2. The fraction of sp³-hybridized carbons (Fsp3) is 0.700. The van der Waals surface area contributed by atoms with E-state index in [1.165, 1.54) is 43.4 Å². The van der Waals surface area contributed by atoms with Crippen molar-refractivity contribution >= 4 is 28.2 Å². The number of fused-ring (bicyclic) bond motifs is 2. The molecule has 2 atom stereocenters. The van der Waals surface area contributed by atoms with Crippen LogP contribution in [-0.2, 0) is 17.6 Å². The highest BCUT2D eigenvalue weighted by atomic mass is 32.1. The van der Waals surface area contributed by atoms with Gasteiger partial charge in [0.2, 0.25) is 5.91 Å². The SMILES string of the molecule is NC(=O)c1c(NC(=O)CN2CCC[C@H]3CCCC[C@@H]32)sc2c1CCCC2. The maximum absolute atomic E-state index is 12.7. The molecule has 2 heterocycles. The number of amides is 2. The van der Waals surface area contributed by atoms with Crippen LogP contribution >= 0.6 is 11.3 Å². The van der Waals surface area contributed by atoms with Crippen molar-refractivity contribution in [2.45, 2.75) is 70.3 Å². The molecule has 0 radical (unpaired) electrons. The minimum atomic E-state index is -0.412. The maximum atomic E-state index is 12.7. The number of piperidine rings is 1. The van der Waals surface area contributed by atoms with E-state index < -0.39 is 5.91 Å². The Hall–Kier alpha value is -1.40. The lowest BCUT2D eigenvalue weighted by atomic mass is 9.78. The van der Waals surface area contributed by atoms with Crippen LogP contribution < -0.4 is 11.1 Å². The number of rotatable bonds is 4. The van der Waals surface area contributed by atoms with Gasteiger partial charge < -0.3 is 11.1 Å². The Kier molecular flexibility index (Phi) is 5.32. The number of carbonyl (C=O) groups is 2. The first-order chi connectivity index (χ1) is 12.6. The highest BCUT2D eigenvalue weighted by Crippen LogP contribution is 2.38. The summed E-state index contributed by atoms with van der Waals surface area (Å²) < 4.78 is 0. The van der Waals surface area contributed by atoms with E-state index in [-0.39, 0.29) is 5.91 Å². The van der Waals surface area contributed by atoms with Crippen molar-refractivity contribution in [3.05, 3.63) is 16.0 Å². The molecule has 3 aliphatic rings. The molecule has 0 unspecified atom stereocenters. The Balaban J connectivity index is 1.46. The molecule has 2 aliphatic carbocycles. The Labute approximate surface area is 159 Å². The van der Waals surface area contributed by atoms with E-state index in [1.54, 1.807) is 11.3 Å². The van der Waals surface area contributed by atoms with Gasteiger partial charge in [0.25, 0.3) is 5.91 Å². The highest BCUT2D eigenvalue weighted by Gasteiger charge is 2.34. The molecule has 1 aromatic heterocycles. The molecule has 0 spiro atoms. The molecule has 2 fully saturated rings. The molecule has 26 heavy (non-hydrogen) atoms. The van der Waals surface area contributed by atoms with Crippen LogP contribution in [0, 0.1) is 5.92 Å². The monoisotopic (exact) mass is 375 g/mol. The van der Waals surface area contributed by atoms with Crippen LogP contribution in [0.25, 0.3) is 0 Å². The van der Waals surface area contributed by atoms with E-state index in [1.807, 2.05) is 0 Å². The number of hydrogen-bond donors (Lipinski definition) is 2. The third kappa shape index (κ3) is 3.54. The van der Waals surface area contributed by atoms with Gasteiger partial charge in [0.05, 0.1) is 12.1 Å². The van der Waals surface area contributed by atoms with Gasteiger partial charge in [-0.25, -0.2) is 0 Å². The number of nitrogens with two attached hydrogens (primary N) is 1. The molecule has 142 valence electrons. The fourth-order valence-corrected chi connectivity index (χ4v) is 6.50. The number of aryl methyl sites for hydroxylation is 1. The second kappa shape index (κ2) is 7.69. The van der Waals surface area contributed by atoms with Crippen LogP contribution in [0.2, 0.25) is 0 Å². The number of likely N-dealkylation sites (tertiary alicyclic amines) is 1. The van der Waals surface area contributed by atoms with Crippen molar-refractivity contribution in [2.24, 2.45) is 11.7 Å². The van der Waals surface area contributed by atoms with E-state index in [2.05, 4.69) is 10.2 Å². The number of hydrogen-bond acceptors (Lipinski definition) is 4. The number of carbonyl (C=O) groups excluding carboxylic acids is 2. The molecular formula is C20H29N3O2S. The summed E-state index contributed by atoms with van der Waals surface area (Å²) >= 11 is 1.55. The van der Waals surface area contributed by atoms with Crippen molar-refractivity contribution in [3.8, 4) is 0 Å². The van der Waals surface area contributed by atoms with Gasteiger partial charge in [0, 0.05) is 10.9 Å². The highest BCUT2D eigenvalue weighted by molar-refractivity contribution is 7.17. The van der Waals surface area contributed by atoms with E-state index in [9.17, 15) is 9.59 Å². The Bertz CT molecular complexity index is 697. The topological polar surface area (TPSA) is 75.4 Å². The lowest BCUT2D eigenvalue weighted by Crippen LogP contribution is -2.49. The summed E-state index contributed by atoms with van der Waals surface area (Å²) in [6, 6.07) is 0.565. The smallest absolute Gasteiger partial charge is 0.251 e. The van der Waals surface area contributed by atoms with Crippen molar-refractivity contribution in [1.29, 1.82) is 0 Å².